The van der Waals surface area contributed by atoms with Crippen molar-refractivity contribution in [3.8, 4) is 5.75 Å². The molecule has 0 bridgehead atoms. The van der Waals surface area contributed by atoms with E-state index in [0.717, 1.165) is 0 Å². The second-order valence-electron chi connectivity index (χ2n) is 5.36. The highest BCUT2D eigenvalue weighted by molar-refractivity contribution is 7.80. The molecule has 0 heterocycles. The Bertz CT molecular complexity index is 921. The highest BCUT2D eigenvalue weighted by Gasteiger charge is 2.16. The van der Waals surface area contributed by atoms with Gasteiger partial charge >= 0.3 is 0 Å². The summed E-state index contributed by atoms with van der Waals surface area (Å²) in [6.45, 7) is 3.94. The van der Waals surface area contributed by atoms with Crippen LogP contribution in [-0.4, -0.2) is 22.5 Å². The Morgan fingerprint density at radius 3 is 2.56 bits per heavy atom. The molecule has 0 aromatic heterocycles. The zero-order chi connectivity index (χ0) is 20.1. The number of halogens is 2. The summed E-state index contributed by atoms with van der Waals surface area (Å²) in [5.41, 5.74) is 1.08. The number of nitro benzene ring substituents is 1. The summed E-state index contributed by atoms with van der Waals surface area (Å²) in [6, 6.07) is 7.32. The molecule has 142 valence electrons. The fourth-order valence-corrected chi connectivity index (χ4v) is 2.85. The van der Waals surface area contributed by atoms with E-state index in [2.05, 4.69) is 10.6 Å². The third-order valence-electron chi connectivity index (χ3n) is 3.46. The van der Waals surface area contributed by atoms with Gasteiger partial charge in [-0.2, -0.15) is 0 Å². The average molecular weight is 428 g/mol. The second kappa shape index (κ2) is 8.98. The van der Waals surface area contributed by atoms with E-state index in [-0.39, 0.29) is 15.8 Å². The average Bonchev–Trinajstić information content (AvgIpc) is 2.59. The van der Waals surface area contributed by atoms with Crippen molar-refractivity contribution in [2.75, 3.05) is 11.9 Å². The second-order valence-corrected chi connectivity index (χ2v) is 6.58. The standard InChI is InChI=1S/C17H15Cl2N3O4S/c1-3-26-15-5-4-10(7-12(15)19)16(23)21-17(27)20-13-8-11(18)14(22(24)25)6-9(13)2/h4-8H,3H2,1-2H3,(H2,20,21,23,27). The summed E-state index contributed by atoms with van der Waals surface area (Å²) in [4.78, 5) is 22.6. The number of carbonyl (C=O) groups excluding carboxylic acids is 1. The molecule has 0 aliphatic heterocycles. The number of ether oxygens (including phenoxy) is 1. The van der Waals surface area contributed by atoms with Gasteiger partial charge < -0.3 is 10.1 Å². The molecule has 0 spiro atoms. The molecule has 1 amide bonds. The first-order valence-corrected chi connectivity index (χ1v) is 8.88. The first-order chi connectivity index (χ1) is 12.7. The third kappa shape index (κ3) is 5.29. The Labute approximate surface area is 170 Å². The van der Waals surface area contributed by atoms with Crippen LogP contribution in [-0.2, 0) is 0 Å². The van der Waals surface area contributed by atoms with Gasteiger partial charge in [-0.1, -0.05) is 23.2 Å². The lowest BCUT2D eigenvalue weighted by atomic mass is 10.2. The highest BCUT2D eigenvalue weighted by Crippen LogP contribution is 2.30. The number of nitrogens with one attached hydrogen (secondary N) is 2. The van der Waals surface area contributed by atoms with Gasteiger partial charge in [-0.3, -0.25) is 20.2 Å². The largest absolute Gasteiger partial charge is 0.492 e. The van der Waals surface area contributed by atoms with Gasteiger partial charge in [0.25, 0.3) is 11.6 Å². The van der Waals surface area contributed by atoms with Crippen molar-refractivity contribution in [3.05, 3.63) is 61.6 Å². The first kappa shape index (κ1) is 20.9. The van der Waals surface area contributed by atoms with Crippen molar-refractivity contribution in [2.45, 2.75) is 13.8 Å². The number of rotatable bonds is 5. The molecule has 0 saturated carbocycles. The zero-order valence-electron chi connectivity index (χ0n) is 14.3. The van der Waals surface area contributed by atoms with Crippen LogP contribution in [0.25, 0.3) is 0 Å². The molecule has 27 heavy (non-hydrogen) atoms. The van der Waals surface area contributed by atoms with E-state index in [1.54, 1.807) is 19.1 Å². The summed E-state index contributed by atoms with van der Waals surface area (Å²) in [5.74, 6) is 0.00988. The molecule has 0 atom stereocenters. The molecule has 0 aliphatic carbocycles. The number of aryl methyl sites for hydroxylation is 1. The normalized spacial score (nSPS) is 10.2. The molecule has 0 fully saturated rings. The molecular formula is C17H15Cl2N3O4S. The summed E-state index contributed by atoms with van der Waals surface area (Å²) < 4.78 is 5.32. The van der Waals surface area contributed by atoms with Crippen LogP contribution >= 0.6 is 35.4 Å². The van der Waals surface area contributed by atoms with E-state index in [1.807, 2.05) is 6.92 Å². The Kier molecular flexibility index (Phi) is 6.95. The van der Waals surface area contributed by atoms with Gasteiger partial charge in [0.05, 0.1) is 16.6 Å². The summed E-state index contributed by atoms with van der Waals surface area (Å²) in [5, 5.41) is 16.5. The molecule has 10 heteroatoms. The number of nitro groups is 1. The number of benzene rings is 2. The third-order valence-corrected chi connectivity index (χ3v) is 4.26. The van der Waals surface area contributed by atoms with Gasteiger partial charge in [0.15, 0.2) is 5.11 Å². The van der Waals surface area contributed by atoms with Crippen LogP contribution in [0.4, 0.5) is 11.4 Å². The van der Waals surface area contributed by atoms with Crippen LogP contribution in [0.1, 0.15) is 22.8 Å². The van der Waals surface area contributed by atoms with E-state index >= 15 is 0 Å². The van der Waals surface area contributed by atoms with Gasteiger partial charge in [0.2, 0.25) is 0 Å². The van der Waals surface area contributed by atoms with E-state index in [4.69, 9.17) is 40.2 Å². The molecule has 2 N–H and O–H groups in total. The van der Waals surface area contributed by atoms with Crippen LogP contribution in [0.3, 0.4) is 0 Å². The topological polar surface area (TPSA) is 93.5 Å². The Morgan fingerprint density at radius 2 is 1.96 bits per heavy atom. The molecule has 0 saturated heterocycles. The van der Waals surface area contributed by atoms with Gasteiger partial charge in [-0.25, -0.2) is 0 Å². The van der Waals surface area contributed by atoms with Gasteiger partial charge in [-0.05, 0) is 55.9 Å². The first-order valence-electron chi connectivity index (χ1n) is 7.72. The van der Waals surface area contributed by atoms with E-state index < -0.39 is 10.8 Å². The van der Waals surface area contributed by atoms with Crippen LogP contribution in [0.15, 0.2) is 30.3 Å². The maximum atomic E-state index is 12.3. The minimum atomic E-state index is -0.575. The Balaban J connectivity index is 2.09. The molecule has 0 unspecified atom stereocenters. The predicted octanol–water partition coefficient (Wildman–Crippen LogP) is 4.74. The number of hydrogen-bond donors (Lipinski definition) is 2. The van der Waals surface area contributed by atoms with Gasteiger partial charge in [-0.15, -0.1) is 0 Å². The van der Waals surface area contributed by atoms with Crippen LogP contribution < -0.4 is 15.4 Å². The molecule has 0 radical (unpaired) electrons. The smallest absolute Gasteiger partial charge is 0.288 e. The maximum absolute atomic E-state index is 12.3. The monoisotopic (exact) mass is 427 g/mol. The molecule has 0 aliphatic rings. The van der Waals surface area contributed by atoms with E-state index in [9.17, 15) is 14.9 Å². The van der Waals surface area contributed by atoms with Crippen LogP contribution in [0.2, 0.25) is 10.0 Å². The van der Waals surface area contributed by atoms with Crippen LogP contribution in [0.5, 0.6) is 5.75 Å². The lowest BCUT2D eigenvalue weighted by molar-refractivity contribution is -0.384. The predicted molar refractivity (Wildman–Crippen MR) is 109 cm³/mol. The van der Waals surface area contributed by atoms with Gasteiger partial charge in [0, 0.05) is 17.3 Å². The number of anilines is 1. The Hall–Kier alpha value is -2.42. The molecule has 2 rings (SSSR count). The van der Waals surface area contributed by atoms with Crippen molar-refractivity contribution < 1.29 is 14.5 Å². The maximum Gasteiger partial charge on any atom is 0.288 e. The van der Waals surface area contributed by atoms with Crippen molar-refractivity contribution in [2.24, 2.45) is 0 Å². The van der Waals surface area contributed by atoms with Gasteiger partial charge in [0.1, 0.15) is 10.8 Å². The fraction of sp³-hybridized carbons (Fsp3) is 0.176. The Morgan fingerprint density at radius 1 is 1.26 bits per heavy atom. The summed E-state index contributed by atoms with van der Waals surface area (Å²) >= 11 is 17.1. The van der Waals surface area contributed by atoms with E-state index in [0.29, 0.717) is 34.2 Å². The van der Waals surface area contributed by atoms with Crippen molar-refractivity contribution in [1.82, 2.24) is 5.32 Å². The lowest BCUT2D eigenvalue weighted by Gasteiger charge is -2.13. The zero-order valence-corrected chi connectivity index (χ0v) is 16.7. The van der Waals surface area contributed by atoms with Crippen molar-refractivity contribution >= 4 is 57.8 Å². The molecular weight excluding hydrogens is 413 g/mol. The van der Waals surface area contributed by atoms with Crippen molar-refractivity contribution in [1.29, 1.82) is 0 Å². The number of amides is 1. The van der Waals surface area contributed by atoms with Crippen LogP contribution in [0, 0.1) is 17.0 Å². The fourth-order valence-electron chi connectivity index (χ4n) is 2.18. The molecule has 2 aromatic rings. The molecule has 2 aromatic carbocycles. The lowest BCUT2D eigenvalue weighted by Crippen LogP contribution is -2.34. The summed E-state index contributed by atoms with van der Waals surface area (Å²) in [7, 11) is 0. The van der Waals surface area contributed by atoms with E-state index in [1.165, 1.54) is 18.2 Å². The number of hydrogen-bond acceptors (Lipinski definition) is 5. The number of thiocarbonyl (C=S) groups is 1. The minimum absolute atomic E-state index is 0.0121. The quantitative estimate of drug-likeness (QED) is 0.406. The van der Waals surface area contributed by atoms with Crippen molar-refractivity contribution in [3.63, 3.8) is 0 Å². The highest BCUT2D eigenvalue weighted by atomic mass is 35.5. The summed E-state index contributed by atoms with van der Waals surface area (Å²) in [6.07, 6.45) is 0. The number of nitrogens with zero attached hydrogens (tertiary/aromatic N) is 1. The SMILES string of the molecule is CCOc1ccc(C(=O)NC(=S)Nc2cc(Cl)c([N+](=O)[O-])cc2C)cc1Cl. The number of carbonyl (C=O) groups is 1. The minimum Gasteiger partial charge on any atom is -0.492 e. The molecule has 7 nitrogen and oxygen atoms in total.